The number of carbonyl (C=O) groups excluding carboxylic acids is 2. The van der Waals surface area contributed by atoms with E-state index in [9.17, 15) is 9.59 Å². The van der Waals surface area contributed by atoms with Crippen molar-refractivity contribution in [2.24, 2.45) is 0 Å². The van der Waals surface area contributed by atoms with Gasteiger partial charge >= 0.3 is 6.03 Å². The van der Waals surface area contributed by atoms with Crippen LogP contribution < -0.4 is 25.0 Å². The second kappa shape index (κ2) is 10.3. The van der Waals surface area contributed by atoms with Gasteiger partial charge in [-0.3, -0.25) is 9.69 Å². The molecule has 0 bridgehead atoms. The third-order valence-corrected chi connectivity index (χ3v) is 4.58. The van der Waals surface area contributed by atoms with Crippen molar-refractivity contribution >= 4 is 29.4 Å². The molecule has 2 N–H and O–H groups in total. The number of carbonyl (C=O) groups is 2. The first-order chi connectivity index (χ1) is 14.6. The Hall–Kier alpha value is -3.48. The third kappa shape index (κ3) is 5.53. The lowest BCUT2D eigenvalue weighted by atomic mass is 10.2. The maximum Gasteiger partial charge on any atom is 0.321 e. The predicted octanol–water partition coefficient (Wildman–Crippen LogP) is 4.06. The number of ether oxygens (including phenoxy) is 2. The van der Waals surface area contributed by atoms with E-state index in [-0.39, 0.29) is 11.9 Å². The molecule has 0 aliphatic carbocycles. The average Bonchev–Trinajstić information content (AvgIpc) is 2.77. The first kappa shape index (κ1) is 21.2. The normalized spacial score (nSPS) is 13.8. The van der Waals surface area contributed by atoms with Crippen molar-refractivity contribution in [2.45, 2.75) is 19.8 Å². The van der Waals surface area contributed by atoms with Crippen LogP contribution in [0.1, 0.15) is 25.3 Å². The second-order valence-corrected chi connectivity index (χ2v) is 6.87. The van der Waals surface area contributed by atoms with Gasteiger partial charge in [0.05, 0.1) is 13.7 Å². The van der Waals surface area contributed by atoms with E-state index in [0.29, 0.717) is 36.9 Å². The molecule has 0 aromatic heterocycles. The molecule has 0 spiro atoms. The van der Waals surface area contributed by atoms with Crippen LogP contribution in [0.5, 0.6) is 11.5 Å². The van der Waals surface area contributed by atoms with Gasteiger partial charge in [-0.25, -0.2) is 4.79 Å². The molecular formula is C23H27N3O4. The van der Waals surface area contributed by atoms with Gasteiger partial charge in [-0.2, -0.15) is 0 Å². The molecule has 7 heteroatoms. The molecular weight excluding hydrogens is 382 g/mol. The Morgan fingerprint density at radius 1 is 1.23 bits per heavy atom. The molecule has 1 aliphatic heterocycles. The molecule has 1 aliphatic rings. The largest absolute Gasteiger partial charge is 0.493 e. The number of urea groups is 1. The van der Waals surface area contributed by atoms with Crippen LogP contribution in [0.25, 0.3) is 6.08 Å². The molecule has 0 radical (unpaired) electrons. The highest BCUT2D eigenvalue weighted by atomic mass is 16.5. The number of nitrogens with one attached hydrogen (secondary N) is 2. The lowest BCUT2D eigenvalue weighted by molar-refractivity contribution is -0.111. The number of hydrogen-bond acceptors (Lipinski definition) is 4. The zero-order valence-electron chi connectivity index (χ0n) is 17.3. The molecule has 1 saturated heterocycles. The van der Waals surface area contributed by atoms with Crippen molar-refractivity contribution in [1.82, 2.24) is 5.32 Å². The minimum atomic E-state index is -0.263. The second-order valence-electron chi connectivity index (χ2n) is 6.87. The zero-order valence-corrected chi connectivity index (χ0v) is 17.3. The topological polar surface area (TPSA) is 79.9 Å². The molecule has 0 unspecified atom stereocenters. The summed E-state index contributed by atoms with van der Waals surface area (Å²) in [7, 11) is 1.59. The summed E-state index contributed by atoms with van der Waals surface area (Å²) in [5.41, 5.74) is 2.20. The highest BCUT2D eigenvalue weighted by molar-refractivity contribution is 6.02. The third-order valence-electron chi connectivity index (χ3n) is 4.58. The Labute approximate surface area is 176 Å². The van der Waals surface area contributed by atoms with Crippen LogP contribution in [0.2, 0.25) is 0 Å². The van der Waals surface area contributed by atoms with Crippen LogP contribution in [0, 0.1) is 0 Å². The summed E-state index contributed by atoms with van der Waals surface area (Å²) in [6.07, 6.45) is 4.97. The molecule has 0 atom stereocenters. The van der Waals surface area contributed by atoms with Gasteiger partial charge in [-0.05, 0) is 54.8 Å². The Morgan fingerprint density at radius 3 is 2.87 bits per heavy atom. The highest BCUT2D eigenvalue weighted by Gasteiger charge is 2.19. The van der Waals surface area contributed by atoms with Gasteiger partial charge < -0.3 is 20.1 Å². The number of benzene rings is 2. The van der Waals surface area contributed by atoms with E-state index in [1.54, 1.807) is 30.2 Å². The van der Waals surface area contributed by atoms with Crippen molar-refractivity contribution < 1.29 is 19.1 Å². The Morgan fingerprint density at radius 2 is 2.10 bits per heavy atom. The first-order valence-electron chi connectivity index (χ1n) is 10.1. The van der Waals surface area contributed by atoms with E-state index in [4.69, 9.17) is 9.47 Å². The van der Waals surface area contributed by atoms with E-state index >= 15 is 0 Å². The van der Waals surface area contributed by atoms with Gasteiger partial charge in [-0.1, -0.05) is 19.1 Å². The molecule has 2 aromatic carbocycles. The average molecular weight is 409 g/mol. The van der Waals surface area contributed by atoms with E-state index < -0.39 is 0 Å². The number of methoxy groups -OCH3 is 1. The Balaban J connectivity index is 1.65. The van der Waals surface area contributed by atoms with E-state index in [1.165, 1.54) is 6.08 Å². The van der Waals surface area contributed by atoms with E-state index in [1.807, 2.05) is 37.3 Å². The molecule has 3 rings (SSSR count). The summed E-state index contributed by atoms with van der Waals surface area (Å²) in [4.78, 5) is 26.0. The number of nitrogens with zero attached hydrogens (tertiary/aromatic N) is 1. The highest BCUT2D eigenvalue weighted by Crippen LogP contribution is 2.28. The van der Waals surface area contributed by atoms with E-state index in [2.05, 4.69) is 10.6 Å². The van der Waals surface area contributed by atoms with Crippen LogP contribution in [-0.4, -0.2) is 38.7 Å². The van der Waals surface area contributed by atoms with Crippen molar-refractivity contribution in [3.05, 3.63) is 54.1 Å². The van der Waals surface area contributed by atoms with Crippen molar-refractivity contribution in [3.63, 3.8) is 0 Å². The summed E-state index contributed by atoms with van der Waals surface area (Å²) in [6, 6.07) is 12.7. The SMILES string of the molecule is CCCOc1ccc(/C=C\C(=O)Nc2cccc(N3CCCNC3=O)c2)cc1OC. The van der Waals surface area contributed by atoms with Gasteiger partial charge in [0.1, 0.15) is 0 Å². The molecule has 158 valence electrons. The standard InChI is InChI=1S/C23H27N3O4/c1-3-14-30-20-10-8-17(15-21(20)29-2)9-11-22(27)25-18-6-4-7-19(16-18)26-13-5-12-24-23(26)28/h4,6-11,15-16H,3,5,12-14H2,1-2H3,(H,24,28)(H,25,27)/b11-9-. The molecule has 1 heterocycles. The fourth-order valence-electron chi connectivity index (χ4n) is 3.10. The predicted molar refractivity (Wildman–Crippen MR) is 118 cm³/mol. The molecule has 0 saturated carbocycles. The van der Waals surface area contributed by atoms with Gasteiger partial charge in [0.2, 0.25) is 5.91 Å². The summed E-state index contributed by atoms with van der Waals surface area (Å²) >= 11 is 0. The number of amides is 3. The quantitative estimate of drug-likeness (QED) is 0.645. The van der Waals surface area contributed by atoms with Crippen LogP contribution in [0.15, 0.2) is 48.5 Å². The minimum absolute atomic E-state index is 0.120. The van der Waals surface area contributed by atoms with Gasteiger partial charge in [0.25, 0.3) is 0 Å². The number of hydrogen-bond donors (Lipinski definition) is 2. The van der Waals surface area contributed by atoms with Crippen molar-refractivity contribution in [3.8, 4) is 11.5 Å². The molecule has 3 amide bonds. The summed E-state index contributed by atoms with van der Waals surface area (Å²) < 4.78 is 11.0. The molecule has 7 nitrogen and oxygen atoms in total. The smallest absolute Gasteiger partial charge is 0.321 e. The van der Waals surface area contributed by atoms with Crippen LogP contribution in [0.4, 0.5) is 16.2 Å². The van der Waals surface area contributed by atoms with Crippen LogP contribution >= 0.6 is 0 Å². The zero-order chi connectivity index (χ0) is 21.3. The van der Waals surface area contributed by atoms with E-state index in [0.717, 1.165) is 24.1 Å². The first-order valence-corrected chi connectivity index (χ1v) is 10.1. The van der Waals surface area contributed by atoms with Crippen LogP contribution in [0.3, 0.4) is 0 Å². The summed E-state index contributed by atoms with van der Waals surface area (Å²) in [5, 5.41) is 5.66. The van der Waals surface area contributed by atoms with Crippen molar-refractivity contribution in [2.75, 3.05) is 37.0 Å². The van der Waals surface area contributed by atoms with Gasteiger partial charge in [0.15, 0.2) is 11.5 Å². The maximum atomic E-state index is 12.4. The number of anilines is 2. The molecule has 30 heavy (non-hydrogen) atoms. The summed E-state index contributed by atoms with van der Waals surface area (Å²) in [5.74, 6) is 1.04. The van der Waals surface area contributed by atoms with Crippen molar-refractivity contribution in [1.29, 1.82) is 0 Å². The van der Waals surface area contributed by atoms with Gasteiger partial charge in [-0.15, -0.1) is 0 Å². The lowest BCUT2D eigenvalue weighted by Gasteiger charge is -2.27. The maximum absolute atomic E-state index is 12.4. The molecule has 1 fully saturated rings. The van der Waals surface area contributed by atoms with Gasteiger partial charge in [0, 0.05) is 30.5 Å². The fourth-order valence-corrected chi connectivity index (χ4v) is 3.10. The monoisotopic (exact) mass is 409 g/mol. The minimum Gasteiger partial charge on any atom is -0.493 e. The summed E-state index contributed by atoms with van der Waals surface area (Å²) in [6.45, 7) is 4.00. The number of rotatable bonds is 8. The van der Waals surface area contributed by atoms with Crippen LogP contribution in [-0.2, 0) is 4.79 Å². The Bertz CT molecular complexity index is 926. The molecule has 2 aromatic rings. The lowest BCUT2D eigenvalue weighted by Crippen LogP contribution is -2.46. The Kier molecular flexibility index (Phi) is 7.32. The fraction of sp³-hybridized carbons (Fsp3) is 0.304.